The number of fused-ring (bicyclic) bond motifs is 2. The van der Waals surface area contributed by atoms with Crippen LogP contribution in [-0.2, 0) is 22.5 Å². The standard InChI is InChI=1S/C32H35N3O6/c1-3-39-26-11-8-23(9-12-26)20-34(15-14-25-19-33-28-7-5-4-6-27(25)28)31(36)21-35(16-17-38-2)32(37)24-10-13-29-30(18-24)41-22-40-29/h4-13,18-19,33H,3,14-17,20-22H2,1-2H3. The first-order valence-electron chi connectivity index (χ1n) is 13.8. The summed E-state index contributed by atoms with van der Waals surface area (Å²) in [6, 6.07) is 20.9. The lowest BCUT2D eigenvalue weighted by molar-refractivity contribution is -0.132. The fourth-order valence-corrected chi connectivity index (χ4v) is 4.89. The lowest BCUT2D eigenvalue weighted by atomic mass is 10.1. The van der Waals surface area contributed by atoms with Crippen molar-refractivity contribution >= 4 is 22.7 Å². The zero-order valence-corrected chi connectivity index (χ0v) is 23.4. The monoisotopic (exact) mass is 557 g/mol. The van der Waals surface area contributed by atoms with Crippen LogP contribution < -0.4 is 14.2 Å². The number of aromatic nitrogens is 1. The van der Waals surface area contributed by atoms with Crippen LogP contribution in [0.4, 0.5) is 0 Å². The van der Waals surface area contributed by atoms with Gasteiger partial charge in [-0.05, 0) is 60.9 Å². The summed E-state index contributed by atoms with van der Waals surface area (Å²) in [6.45, 7) is 4.04. The molecule has 0 spiro atoms. The van der Waals surface area contributed by atoms with E-state index in [0.717, 1.165) is 27.8 Å². The van der Waals surface area contributed by atoms with Crippen LogP contribution in [0.25, 0.3) is 10.9 Å². The Balaban J connectivity index is 1.35. The molecular formula is C32H35N3O6. The third-order valence-electron chi connectivity index (χ3n) is 7.08. The molecule has 214 valence electrons. The number of H-pyrrole nitrogens is 1. The van der Waals surface area contributed by atoms with E-state index < -0.39 is 0 Å². The molecular weight excluding hydrogens is 522 g/mol. The fourth-order valence-electron chi connectivity index (χ4n) is 4.89. The van der Waals surface area contributed by atoms with Crippen molar-refractivity contribution in [1.82, 2.24) is 14.8 Å². The van der Waals surface area contributed by atoms with Gasteiger partial charge < -0.3 is 33.7 Å². The van der Waals surface area contributed by atoms with Crippen LogP contribution in [-0.4, -0.2) is 73.3 Å². The number of carbonyl (C=O) groups is 2. The molecule has 1 aliphatic heterocycles. The summed E-state index contributed by atoms with van der Waals surface area (Å²) in [6.07, 6.45) is 2.67. The van der Waals surface area contributed by atoms with Gasteiger partial charge in [0.25, 0.3) is 5.91 Å². The summed E-state index contributed by atoms with van der Waals surface area (Å²) in [5, 5.41) is 1.14. The minimum Gasteiger partial charge on any atom is -0.494 e. The van der Waals surface area contributed by atoms with Crippen LogP contribution in [0, 0.1) is 0 Å². The van der Waals surface area contributed by atoms with E-state index in [2.05, 4.69) is 11.1 Å². The van der Waals surface area contributed by atoms with Gasteiger partial charge in [-0.1, -0.05) is 30.3 Å². The Bertz CT molecular complexity index is 1480. The largest absolute Gasteiger partial charge is 0.494 e. The summed E-state index contributed by atoms with van der Waals surface area (Å²) >= 11 is 0. The Morgan fingerprint density at radius 1 is 0.951 bits per heavy atom. The summed E-state index contributed by atoms with van der Waals surface area (Å²) in [5.41, 5.74) is 3.60. The average molecular weight is 558 g/mol. The van der Waals surface area contributed by atoms with Crippen LogP contribution in [0.1, 0.15) is 28.4 Å². The molecule has 0 atom stereocenters. The molecule has 0 radical (unpaired) electrons. The van der Waals surface area contributed by atoms with E-state index in [1.165, 1.54) is 4.90 Å². The number of carbonyl (C=O) groups excluding carboxylic acids is 2. The average Bonchev–Trinajstić information content (AvgIpc) is 3.64. The van der Waals surface area contributed by atoms with Crippen LogP contribution in [0.3, 0.4) is 0 Å². The fraction of sp³-hybridized carbons (Fsp3) is 0.312. The van der Waals surface area contributed by atoms with Crippen molar-refractivity contribution in [3.05, 3.63) is 89.6 Å². The normalized spacial score (nSPS) is 12.0. The molecule has 3 aromatic carbocycles. The number of para-hydroxylation sites is 1. The summed E-state index contributed by atoms with van der Waals surface area (Å²) < 4.78 is 21.7. The first-order chi connectivity index (χ1) is 20.1. The predicted molar refractivity (Wildman–Crippen MR) is 155 cm³/mol. The van der Waals surface area contributed by atoms with E-state index in [1.807, 2.05) is 60.5 Å². The maximum absolute atomic E-state index is 13.9. The highest BCUT2D eigenvalue weighted by Crippen LogP contribution is 2.33. The molecule has 0 saturated heterocycles. The molecule has 0 bridgehead atoms. The molecule has 0 saturated carbocycles. The van der Waals surface area contributed by atoms with Gasteiger partial charge in [-0.3, -0.25) is 9.59 Å². The van der Waals surface area contributed by atoms with Crippen molar-refractivity contribution in [3.8, 4) is 17.2 Å². The second-order valence-electron chi connectivity index (χ2n) is 9.79. The quantitative estimate of drug-likeness (QED) is 0.257. The number of methoxy groups -OCH3 is 1. The number of hydrogen-bond donors (Lipinski definition) is 1. The second kappa shape index (κ2) is 13.2. The SMILES string of the molecule is CCOc1ccc(CN(CCc2c[nH]c3ccccc23)C(=O)CN(CCOC)C(=O)c2ccc3c(c2)OCO3)cc1. The van der Waals surface area contributed by atoms with Crippen LogP contribution in [0.15, 0.2) is 72.9 Å². The molecule has 41 heavy (non-hydrogen) atoms. The van der Waals surface area contributed by atoms with Gasteiger partial charge in [-0.15, -0.1) is 0 Å². The number of aromatic amines is 1. The van der Waals surface area contributed by atoms with Crippen molar-refractivity contribution in [2.24, 2.45) is 0 Å². The molecule has 9 nitrogen and oxygen atoms in total. The highest BCUT2D eigenvalue weighted by Gasteiger charge is 2.25. The van der Waals surface area contributed by atoms with Crippen LogP contribution >= 0.6 is 0 Å². The Kier molecular flexibility index (Phi) is 9.05. The number of nitrogens with one attached hydrogen (secondary N) is 1. The van der Waals surface area contributed by atoms with Gasteiger partial charge in [0.05, 0.1) is 13.2 Å². The first kappa shape index (κ1) is 28.0. The molecule has 1 N–H and O–H groups in total. The minimum absolute atomic E-state index is 0.0818. The Hall–Kier alpha value is -4.50. The molecule has 5 rings (SSSR count). The topological polar surface area (TPSA) is 93.3 Å². The predicted octanol–water partition coefficient (Wildman–Crippen LogP) is 4.66. The summed E-state index contributed by atoms with van der Waals surface area (Å²) in [4.78, 5) is 34.0. The van der Waals surface area contributed by atoms with Gasteiger partial charge in [0.2, 0.25) is 12.7 Å². The van der Waals surface area contributed by atoms with E-state index >= 15 is 0 Å². The molecule has 0 fully saturated rings. The molecule has 2 amide bonds. The van der Waals surface area contributed by atoms with Crippen molar-refractivity contribution in [2.75, 3.05) is 46.8 Å². The molecule has 1 aliphatic rings. The highest BCUT2D eigenvalue weighted by atomic mass is 16.7. The molecule has 9 heteroatoms. The third-order valence-corrected chi connectivity index (χ3v) is 7.08. The number of ether oxygens (including phenoxy) is 4. The van der Waals surface area contributed by atoms with Crippen LogP contribution in [0.5, 0.6) is 17.2 Å². The van der Waals surface area contributed by atoms with Crippen molar-refractivity contribution in [1.29, 1.82) is 0 Å². The lowest BCUT2D eigenvalue weighted by Gasteiger charge is -2.28. The molecule has 4 aromatic rings. The molecule has 0 unspecified atom stereocenters. The molecule has 0 aliphatic carbocycles. The zero-order valence-electron chi connectivity index (χ0n) is 23.4. The highest BCUT2D eigenvalue weighted by molar-refractivity contribution is 5.97. The van der Waals surface area contributed by atoms with Gasteiger partial charge in [0.1, 0.15) is 12.3 Å². The number of benzene rings is 3. The van der Waals surface area contributed by atoms with Crippen molar-refractivity contribution in [3.63, 3.8) is 0 Å². The zero-order chi connectivity index (χ0) is 28.6. The van der Waals surface area contributed by atoms with Crippen LogP contribution in [0.2, 0.25) is 0 Å². The molecule has 1 aromatic heterocycles. The second-order valence-corrected chi connectivity index (χ2v) is 9.79. The number of rotatable bonds is 13. The van der Waals surface area contributed by atoms with E-state index in [4.69, 9.17) is 18.9 Å². The van der Waals surface area contributed by atoms with Gasteiger partial charge in [0.15, 0.2) is 11.5 Å². The lowest BCUT2D eigenvalue weighted by Crippen LogP contribution is -2.44. The minimum atomic E-state index is -0.272. The van der Waals surface area contributed by atoms with Gasteiger partial charge in [-0.2, -0.15) is 0 Å². The number of nitrogens with zero attached hydrogens (tertiary/aromatic N) is 2. The van der Waals surface area contributed by atoms with E-state index in [1.54, 1.807) is 25.3 Å². The van der Waals surface area contributed by atoms with E-state index in [-0.39, 0.29) is 31.7 Å². The Labute approximate surface area is 239 Å². The van der Waals surface area contributed by atoms with Gasteiger partial charge in [0, 0.05) is 49.4 Å². The van der Waals surface area contributed by atoms with Crippen molar-refractivity contribution < 1.29 is 28.5 Å². The summed E-state index contributed by atoms with van der Waals surface area (Å²) in [5.74, 6) is 1.48. The smallest absolute Gasteiger partial charge is 0.254 e. The summed E-state index contributed by atoms with van der Waals surface area (Å²) in [7, 11) is 1.57. The van der Waals surface area contributed by atoms with Crippen molar-refractivity contribution in [2.45, 2.75) is 19.9 Å². The van der Waals surface area contributed by atoms with E-state index in [9.17, 15) is 9.59 Å². The Morgan fingerprint density at radius 3 is 2.56 bits per heavy atom. The first-order valence-corrected chi connectivity index (χ1v) is 13.8. The maximum atomic E-state index is 13.9. The number of amides is 2. The van der Waals surface area contributed by atoms with Gasteiger partial charge in [-0.25, -0.2) is 0 Å². The third kappa shape index (κ3) is 6.81. The Morgan fingerprint density at radius 2 is 1.76 bits per heavy atom. The maximum Gasteiger partial charge on any atom is 0.254 e. The van der Waals surface area contributed by atoms with Gasteiger partial charge >= 0.3 is 0 Å². The molecule has 2 heterocycles. The number of hydrogen-bond acceptors (Lipinski definition) is 6. The van der Waals surface area contributed by atoms with E-state index in [0.29, 0.717) is 49.8 Å².